The van der Waals surface area contributed by atoms with Crippen molar-refractivity contribution in [2.24, 2.45) is 0 Å². The van der Waals surface area contributed by atoms with Crippen molar-refractivity contribution in [3.63, 3.8) is 0 Å². The van der Waals surface area contributed by atoms with E-state index in [4.69, 9.17) is 5.73 Å². The molecule has 6 nitrogen and oxygen atoms in total. The first-order chi connectivity index (χ1) is 9.69. The molecule has 1 atom stereocenters. The molecule has 3 rings (SSSR count). The van der Waals surface area contributed by atoms with E-state index in [1.807, 2.05) is 4.90 Å². The Bertz CT molecular complexity index is 620. The van der Waals surface area contributed by atoms with E-state index in [0.29, 0.717) is 0 Å². The number of anilines is 1. The van der Waals surface area contributed by atoms with Gasteiger partial charge in [-0.2, -0.15) is 0 Å². The fourth-order valence-corrected chi connectivity index (χ4v) is 3.68. The summed E-state index contributed by atoms with van der Waals surface area (Å²) in [5.74, 6) is 0.266. The Hall–Kier alpha value is -1.89. The van der Waals surface area contributed by atoms with Crippen LogP contribution in [-0.2, 0) is 17.8 Å². The number of carbonyl (C=O) groups excluding carboxylic acids is 1. The molecule has 2 aromatic rings. The van der Waals surface area contributed by atoms with Crippen LogP contribution < -0.4 is 5.73 Å². The number of nitrogens with zero attached hydrogens (tertiary/aromatic N) is 4. The van der Waals surface area contributed by atoms with Gasteiger partial charge in [0.15, 0.2) is 0 Å². The number of hydrogen-bond donors (Lipinski definition) is 1. The van der Waals surface area contributed by atoms with Crippen LogP contribution in [0.2, 0.25) is 0 Å². The van der Waals surface area contributed by atoms with Crippen molar-refractivity contribution >= 4 is 23.2 Å². The number of carbonyl (C=O) groups is 1. The summed E-state index contributed by atoms with van der Waals surface area (Å²) in [7, 11) is 0. The van der Waals surface area contributed by atoms with Gasteiger partial charge >= 0.3 is 0 Å². The highest BCUT2D eigenvalue weighted by Crippen LogP contribution is 2.35. The Kier molecular flexibility index (Phi) is 3.43. The Balaban J connectivity index is 1.78. The fourth-order valence-electron chi connectivity index (χ4n) is 2.75. The van der Waals surface area contributed by atoms with Crippen LogP contribution >= 0.6 is 11.3 Å². The average molecular weight is 291 g/mol. The van der Waals surface area contributed by atoms with Gasteiger partial charge in [-0.05, 0) is 29.9 Å². The summed E-state index contributed by atoms with van der Waals surface area (Å²) >= 11 is 1.78. The number of fused-ring (bicyclic) bond motifs is 1. The van der Waals surface area contributed by atoms with Crippen LogP contribution in [0.1, 0.15) is 29.8 Å². The van der Waals surface area contributed by atoms with Crippen LogP contribution in [0.5, 0.6) is 0 Å². The van der Waals surface area contributed by atoms with Gasteiger partial charge in [-0.25, -0.2) is 9.67 Å². The first-order valence-electron chi connectivity index (χ1n) is 6.69. The molecule has 1 aliphatic rings. The van der Waals surface area contributed by atoms with E-state index in [9.17, 15) is 4.79 Å². The second-order valence-corrected chi connectivity index (χ2v) is 5.86. The molecule has 3 heterocycles. The quantitative estimate of drug-likeness (QED) is 0.928. The van der Waals surface area contributed by atoms with Crippen molar-refractivity contribution in [2.45, 2.75) is 32.4 Å². The second-order valence-electron chi connectivity index (χ2n) is 4.86. The van der Waals surface area contributed by atoms with Gasteiger partial charge in [0.05, 0.1) is 6.04 Å². The van der Waals surface area contributed by atoms with Crippen LogP contribution in [0.15, 0.2) is 17.8 Å². The van der Waals surface area contributed by atoms with E-state index in [2.05, 4.69) is 28.5 Å². The lowest BCUT2D eigenvalue weighted by Gasteiger charge is -2.35. The van der Waals surface area contributed by atoms with E-state index in [1.54, 1.807) is 11.3 Å². The van der Waals surface area contributed by atoms with Gasteiger partial charge in [0.25, 0.3) is 0 Å². The van der Waals surface area contributed by atoms with E-state index in [0.717, 1.165) is 19.4 Å². The third kappa shape index (κ3) is 2.29. The third-order valence-electron chi connectivity index (χ3n) is 3.65. The summed E-state index contributed by atoms with van der Waals surface area (Å²) in [4.78, 5) is 19.7. The molecule has 7 heteroatoms. The Morgan fingerprint density at radius 2 is 2.45 bits per heavy atom. The number of aromatic nitrogens is 3. The van der Waals surface area contributed by atoms with E-state index < -0.39 is 0 Å². The molecule has 0 aliphatic carbocycles. The maximum absolute atomic E-state index is 12.5. The molecule has 1 aliphatic heterocycles. The molecule has 1 amide bonds. The molecule has 0 bridgehead atoms. The van der Waals surface area contributed by atoms with Crippen LogP contribution in [0, 0.1) is 0 Å². The fraction of sp³-hybridized carbons (Fsp3) is 0.462. The highest BCUT2D eigenvalue weighted by Gasteiger charge is 2.30. The van der Waals surface area contributed by atoms with Gasteiger partial charge in [0.2, 0.25) is 11.9 Å². The predicted molar refractivity (Wildman–Crippen MR) is 77.2 cm³/mol. The van der Waals surface area contributed by atoms with Gasteiger partial charge in [-0.1, -0.05) is 6.92 Å². The molecular formula is C13H17N5OS. The van der Waals surface area contributed by atoms with Crippen molar-refractivity contribution < 1.29 is 4.79 Å². The number of thiophene rings is 1. The van der Waals surface area contributed by atoms with Crippen molar-refractivity contribution in [1.29, 1.82) is 0 Å². The zero-order chi connectivity index (χ0) is 14.1. The molecule has 1 unspecified atom stereocenters. The van der Waals surface area contributed by atoms with Crippen molar-refractivity contribution in [2.75, 3.05) is 12.3 Å². The summed E-state index contributed by atoms with van der Waals surface area (Å²) in [5, 5.41) is 6.08. The first-order valence-corrected chi connectivity index (χ1v) is 7.57. The average Bonchev–Trinajstić information content (AvgIpc) is 3.06. The lowest BCUT2D eigenvalue weighted by Crippen LogP contribution is -2.41. The van der Waals surface area contributed by atoms with Gasteiger partial charge < -0.3 is 10.6 Å². The Morgan fingerprint density at radius 3 is 3.15 bits per heavy atom. The minimum atomic E-state index is 0.0681. The SMILES string of the molecule is CCC1c2ccsc2CCN1C(=O)Cn1cnc(N)n1. The summed E-state index contributed by atoms with van der Waals surface area (Å²) in [6.07, 6.45) is 3.36. The molecule has 2 aromatic heterocycles. The molecule has 0 fully saturated rings. The molecule has 0 radical (unpaired) electrons. The molecule has 0 saturated carbocycles. The highest BCUT2D eigenvalue weighted by atomic mass is 32.1. The largest absolute Gasteiger partial charge is 0.367 e. The summed E-state index contributed by atoms with van der Waals surface area (Å²) in [6, 6.07) is 2.32. The topological polar surface area (TPSA) is 77.0 Å². The summed E-state index contributed by atoms with van der Waals surface area (Å²) < 4.78 is 1.49. The Morgan fingerprint density at radius 1 is 1.60 bits per heavy atom. The summed E-state index contributed by atoms with van der Waals surface area (Å²) in [6.45, 7) is 3.08. The molecule has 106 valence electrons. The van der Waals surface area contributed by atoms with Gasteiger partial charge in [0, 0.05) is 11.4 Å². The molecule has 0 saturated heterocycles. The highest BCUT2D eigenvalue weighted by molar-refractivity contribution is 7.10. The van der Waals surface area contributed by atoms with Crippen LogP contribution in [0.3, 0.4) is 0 Å². The van der Waals surface area contributed by atoms with E-state index in [-0.39, 0.29) is 24.4 Å². The zero-order valence-corrected chi connectivity index (χ0v) is 12.1. The lowest BCUT2D eigenvalue weighted by atomic mass is 9.98. The van der Waals surface area contributed by atoms with Crippen LogP contribution in [0.4, 0.5) is 5.95 Å². The third-order valence-corrected chi connectivity index (χ3v) is 4.65. The molecule has 20 heavy (non-hydrogen) atoms. The van der Waals surface area contributed by atoms with Crippen molar-refractivity contribution in [1.82, 2.24) is 19.7 Å². The van der Waals surface area contributed by atoms with Crippen molar-refractivity contribution in [3.05, 3.63) is 28.2 Å². The van der Waals surface area contributed by atoms with E-state index in [1.165, 1.54) is 21.4 Å². The molecule has 0 spiro atoms. The van der Waals surface area contributed by atoms with Crippen molar-refractivity contribution in [3.8, 4) is 0 Å². The molecule has 0 aromatic carbocycles. The number of amides is 1. The number of nitrogen functional groups attached to an aromatic ring is 1. The molecule has 2 N–H and O–H groups in total. The molecular weight excluding hydrogens is 274 g/mol. The van der Waals surface area contributed by atoms with Crippen LogP contribution in [0.25, 0.3) is 0 Å². The van der Waals surface area contributed by atoms with E-state index >= 15 is 0 Å². The monoisotopic (exact) mass is 291 g/mol. The zero-order valence-electron chi connectivity index (χ0n) is 11.3. The minimum Gasteiger partial charge on any atom is -0.367 e. The van der Waals surface area contributed by atoms with Crippen LogP contribution in [-0.4, -0.2) is 32.1 Å². The normalized spacial score (nSPS) is 18.1. The standard InChI is InChI=1S/C13H17N5OS/c1-2-10-9-4-6-20-11(9)3-5-18(10)12(19)7-17-8-15-13(14)16-17/h4,6,8,10H,2-3,5,7H2,1H3,(H2,14,16). The summed E-state index contributed by atoms with van der Waals surface area (Å²) in [5.41, 5.74) is 6.77. The first kappa shape index (κ1) is 13.1. The Labute approximate surface area is 121 Å². The number of nitrogens with two attached hydrogens (primary N) is 1. The maximum Gasteiger partial charge on any atom is 0.244 e. The number of rotatable bonds is 3. The maximum atomic E-state index is 12.5. The second kappa shape index (κ2) is 5.24. The number of hydrogen-bond acceptors (Lipinski definition) is 5. The lowest BCUT2D eigenvalue weighted by molar-refractivity contribution is -0.135. The van der Waals surface area contributed by atoms with Gasteiger partial charge in [-0.3, -0.25) is 4.79 Å². The smallest absolute Gasteiger partial charge is 0.244 e. The predicted octanol–water partition coefficient (Wildman–Crippen LogP) is 1.46. The van der Waals surface area contributed by atoms with Gasteiger partial charge in [0.1, 0.15) is 12.9 Å². The van der Waals surface area contributed by atoms with Gasteiger partial charge in [-0.15, -0.1) is 16.4 Å². The minimum absolute atomic E-state index is 0.0681.